The van der Waals surface area contributed by atoms with E-state index in [1.54, 1.807) is 16.8 Å². The average Bonchev–Trinajstić information content (AvgIpc) is 2.93. The fourth-order valence-corrected chi connectivity index (χ4v) is 1.79. The molecule has 0 radical (unpaired) electrons. The van der Waals surface area contributed by atoms with Crippen LogP contribution in [0.25, 0.3) is 17.8 Å². The van der Waals surface area contributed by atoms with Crippen LogP contribution in [-0.4, -0.2) is 25.2 Å². The van der Waals surface area contributed by atoms with Gasteiger partial charge in [-0.05, 0) is 47.1 Å². The summed E-state index contributed by atoms with van der Waals surface area (Å²) in [5.41, 5.74) is 2.63. The van der Waals surface area contributed by atoms with Crippen LogP contribution in [-0.2, 0) is 0 Å². The van der Waals surface area contributed by atoms with Crippen LogP contribution in [0, 0.1) is 0 Å². The molecule has 0 bridgehead atoms. The minimum Gasteiger partial charge on any atom is -0.251 e. The SMILES string of the molecule is C=Cc1nc(C(C)CC)ccc1-n1nnnc1C=C. The second-order valence-corrected chi connectivity index (χ2v) is 4.31. The van der Waals surface area contributed by atoms with Gasteiger partial charge in [0.05, 0.1) is 11.4 Å². The Labute approximate surface area is 112 Å². The highest BCUT2D eigenvalue weighted by Gasteiger charge is 2.12. The molecule has 98 valence electrons. The van der Waals surface area contributed by atoms with Crippen molar-refractivity contribution in [3.63, 3.8) is 0 Å². The molecule has 0 aliphatic carbocycles. The number of hydrogen-bond acceptors (Lipinski definition) is 4. The molecule has 0 amide bonds. The van der Waals surface area contributed by atoms with E-state index in [4.69, 9.17) is 0 Å². The monoisotopic (exact) mass is 255 g/mol. The van der Waals surface area contributed by atoms with Crippen LogP contribution in [0.4, 0.5) is 0 Å². The fourth-order valence-electron chi connectivity index (χ4n) is 1.79. The van der Waals surface area contributed by atoms with Crippen molar-refractivity contribution < 1.29 is 0 Å². The molecule has 1 atom stereocenters. The summed E-state index contributed by atoms with van der Waals surface area (Å²) in [4.78, 5) is 4.62. The zero-order valence-corrected chi connectivity index (χ0v) is 11.2. The third-order valence-electron chi connectivity index (χ3n) is 3.14. The predicted molar refractivity (Wildman–Crippen MR) is 75.8 cm³/mol. The first-order valence-corrected chi connectivity index (χ1v) is 6.25. The molecule has 2 aromatic rings. The Kier molecular flexibility index (Phi) is 3.85. The van der Waals surface area contributed by atoms with E-state index in [-0.39, 0.29) is 0 Å². The molecule has 1 unspecified atom stereocenters. The highest BCUT2D eigenvalue weighted by atomic mass is 15.5. The van der Waals surface area contributed by atoms with Gasteiger partial charge in [-0.25, -0.2) is 0 Å². The minimum absolute atomic E-state index is 0.417. The molecule has 0 spiro atoms. The zero-order valence-electron chi connectivity index (χ0n) is 11.2. The first-order valence-electron chi connectivity index (χ1n) is 6.25. The number of nitrogens with zero attached hydrogens (tertiary/aromatic N) is 5. The standard InChI is InChI=1S/C14H17N5/c1-5-10(4)12-8-9-13(11(6-2)15-12)19-14(7-3)16-17-18-19/h6-10H,2-3,5H2,1,4H3. The van der Waals surface area contributed by atoms with Crippen molar-refractivity contribution >= 4 is 12.2 Å². The zero-order chi connectivity index (χ0) is 13.8. The molecule has 0 saturated carbocycles. The van der Waals surface area contributed by atoms with Crippen molar-refractivity contribution in [1.82, 2.24) is 25.2 Å². The number of pyridine rings is 1. The molecule has 19 heavy (non-hydrogen) atoms. The fraction of sp³-hybridized carbons (Fsp3) is 0.286. The Morgan fingerprint density at radius 1 is 1.32 bits per heavy atom. The quantitative estimate of drug-likeness (QED) is 0.824. The highest BCUT2D eigenvalue weighted by molar-refractivity contribution is 5.57. The molecule has 2 rings (SSSR count). The Hall–Kier alpha value is -2.30. The van der Waals surface area contributed by atoms with Gasteiger partial charge < -0.3 is 0 Å². The molecule has 5 heteroatoms. The van der Waals surface area contributed by atoms with Gasteiger partial charge in [-0.2, -0.15) is 4.68 Å². The van der Waals surface area contributed by atoms with Crippen molar-refractivity contribution in [2.75, 3.05) is 0 Å². The van der Waals surface area contributed by atoms with Gasteiger partial charge in [0, 0.05) is 5.69 Å². The van der Waals surface area contributed by atoms with E-state index >= 15 is 0 Å². The van der Waals surface area contributed by atoms with Gasteiger partial charge in [0.25, 0.3) is 0 Å². The van der Waals surface area contributed by atoms with Crippen LogP contribution in [0.2, 0.25) is 0 Å². The van der Waals surface area contributed by atoms with Gasteiger partial charge in [0.15, 0.2) is 5.82 Å². The van der Waals surface area contributed by atoms with E-state index in [1.165, 1.54) is 0 Å². The summed E-state index contributed by atoms with van der Waals surface area (Å²) in [6.45, 7) is 11.8. The summed E-state index contributed by atoms with van der Waals surface area (Å²) in [5, 5.41) is 11.5. The lowest BCUT2D eigenvalue weighted by Crippen LogP contribution is -2.06. The van der Waals surface area contributed by atoms with Gasteiger partial charge in [0.1, 0.15) is 0 Å². The molecule has 0 aromatic carbocycles. The Balaban J connectivity index is 2.53. The van der Waals surface area contributed by atoms with Gasteiger partial charge >= 0.3 is 0 Å². The van der Waals surface area contributed by atoms with E-state index in [1.807, 2.05) is 12.1 Å². The average molecular weight is 255 g/mol. The second-order valence-electron chi connectivity index (χ2n) is 4.31. The van der Waals surface area contributed by atoms with Crippen LogP contribution < -0.4 is 0 Å². The van der Waals surface area contributed by atoms with Gasteiger partial charge in [-0.15, -0.1) is 5.10 Å². The number of rotatable bonds is 5. The highest BCUT2D eigenvalue weighted by Crippen LogP contribution is 2.21. The van der Waals surface area contributed by atoms with Crippen LogP contribution in [0.15, 0.2) is 25.3 Å². The van der Waals surface area contributed by atoms with Crippen LogP contribution in [0.5, 0.6) is 0 Å². The molecule has 0 N–H and O–H groups in total. The lowest BCUT2D eigenvalue weighted by atomic mass is 10.0. The Morgan fingerprint density at radius 2 is 2.11 bits per heavy atom. The maximum atomic E-state index is 4.62. The van der Waals surface area contributed by atoms with Gasteiger partial charge in [-0.1, -0.05) is 27.0 Å². The molecule has 2 heterocycles. The van der Waals surface area contributed by atoms with Gasteiger partial charge in [-0.3, -0.25) is 4.98 Å². The topological polar surface area (TPSA) is 56.5 Å². The van der Waals surface area contributed by atoms with E-state index in [0.717, 1.165) is 23.5 Å². The molecule has 0 aliphatic heterocycles. The van der Waals surface area contributed by atoms with Crippen molar-refractivity contribution in [2.45, 2.75) is 26.2 Å². The summed E-state index contributed by atoms with van der Waals surface area (Å²) in [6.07, 6.45) is 4.37. The molecular weight excluding hydrogens is 238 g/mol. The normalized spacial score (nSPS) is 12.1. The van der Waals surface area contributed by atoms with Crippen molar-refractivity contribution in [2.24, 2.45) is 0 Å². The molecule has 2 aromatic heterocycles. The molecule has 0 aliphatic rings. The third kappa shape index (κ3) is 2.45. The van der Waals surface area contributed by atoms with Crippen LogP contribution in [0.3, 0.4) is 0 Å². The molecule has 5 nitrogen and oxygen atoms in total. The van der Waals surface area contributed by atoms with E-state index < -0.39 is 0 Å². The largest absolute Gasteiger partial charge is 0.251 e. The first-order chi connectivity index (χ1) is 9.21. The predicted octanol–water partition coefficient (Wildman–Crippen LogP) is 2.86. The molecule has 0 saturated heterocycles. The van der Waals surface area contributed by atoms with Crippen LogP contribution >= 0.6 is 0 Å². The summed E-state index contributed by atoms with van der Waals surface area (Å²) >= 11 is 0. The summed E-state index contributed by atoms with van der Waals surface area (Å²) in [7, 11) is 0. The van der Waals surface area contributed by atoms with Crippen molar-refractivity contribution in [1.29, 1.82) is 0 Å². The third-order valence-corrected chi connectivity index (χ3v) is 3.14. The summed E-state index contributed by atoms with van der Waals surface area (Å²) in [6, 6.07) is 3.97. The Morgan fingerprint density at radius 3 is 2.74 bits per heavy atom. The number of aromatic nitrogens is 5. The van der Waals surface area contributed by atoms with Crippen LogP contribution in [0.1, 0.15) is 43.4 Å². The lowest BCUT2D eigenvalue weighted by Gasteiger charge is -2.12. The minimum atomic E-state index is 0.417. The maximum Gasteiger partial charge on any atom is 0.179 e. The van der Waals surface area contributed by atoms with Crippen molar-refractivity contribution in [3.8, 4) is 5.69 Å². The van der Waals surface area contributed by atoms with E-state index in [2.05, 4.69) is 47.5 Å². The number of tetrazole rings is 1. The number of hydrogen-bond donors (Lipinski definition) is 0. The molecule has 0 fully saturated rings. The summed E-state index contributed by atoms with van der Waals surface area (Å²) < 4.78 is 1.61. The smallest absolute Gasteiger partial charge is 0.179 e. The van der Waals surface area contributed by atoms with Gasteiger partial charge in [0.2, 0.25) is 0 Å². The van der Waals surface area contributed by atoms with Crippen molar-refractivity contribution in [3.05, 3.63) is 42.5 Å². The second kappa shape index (κ2) is 5.56. The summed E-state index contributed by atoms with van der Waals surface area (Å²) in [5.74, 6) is 1.00. The Bertz CT molecular complexity index is 600. The maximum absolute atomic E-state index is 4.62. The van der Waals surface area contributed by atoms with E-state index in [9.17, 15) is 0 Å². The lowest BCUT2D eigenvalue weighted by molar-refractivity contribution is 0.703. The molecular formula is C14H17N5. The van der Waals surface area contributed by atoms with E-state index in [0.29, 0.717) is 11.7 Å². The first kappa shape index (κ1) is 13.1.